The van der Waals surface area contributed by atoms with Crippen LogP contribution in [0.1, 0.15) is 28.3 Å². The quantitative estimate of drug-likeness (QED) is 0.534. The van der Waals surface area contributed by atoms with Crippen LogP contribution < -0.4 is 14.5 Å². The minimum Gasteiger partial charge on any atom is -0.497 e. The van der Waals surface area contributed by atoms with Crippen molar-refractivity contribution in [3.63, 3.8) is 0 Å². The summed E-state index contributed by atoms with van der Waals surface area (Å²) >= 11 is 3.00. The molecule has 5 unspecified atom stereocenters. The van der Waals surface area contributed by atoms with E-state index in [4.69, 9.17) is 4.74 Å². The zero-order valence-electron chi connectivity index (χ0n) is 19.3. The van der Waals surface area contributed by atoms with E-state index in [9.17, 15) is 14.4 Å². The molecule has 2 saturated carbocycles. The first-order chi connectivity index (χ1) is 17.0. The summed E-state index contributed by atoms with van der Waals surface area (Å²) in [4.78, 5) is 45.3. The van der Waals surface area contributed by atoms with Crippen LogP contribution in [-0.4, -0.2) is 29.2 Å². The number of aromatic nitrogens is 1. The minimum absolute atomic E-state index is 0.0263. The van der Waals surface area contributed by atoms with Gasteiger partial charge in [0.2, 0.25) is 11.8 Å². The average Bonchev–Trinajstić information content (AvgIpc) is 3.59. The second-order valence-electron chi connectivity index (χ2n) is 10.1. The third-order valence-electron chi connectivity index (χ3n) is 8.49. The van der Waals surface area contributed by atoms with Crippen LogP contribution in [0.15, 0.2) is 58.4 Å². The van der Waals surface area contributed by atoms with E-state index in [-0.39, 0.29) is 57.4 Å². The summed E-state index contributed by atoms with van der Waals surface area (Å²) in [6, 6.07) is 15.7. The zero-order chi connectivity index (χ0) is 24.0. The molecule has 6 nitrogen and oxygen atoms in total. The summed E-state index contributed by atoms with van der Waals surface area (Å²) in [6.07, 6.45) is 0.892. The number of benzene rings is 2. The smallest absolute Gasteiger partial charge is 0.305 e. The molecule has 35 heavy (non-hydrogen) atoms. The number of amides is 2. The Kier molecular flexibility index (Phi) is 4.64. The molecule has 178 valence electrons. The monoisotopic (exact) mass is 504 g/mol. The lowest BCUT2D eigenvalue weighted by molar-refractivity contribution is -0.123. The molecule has 3 fully saturated rings. The van der Waals surface area contributed by atoms with E-state index < -0.39 is 0 Å². The topological polar surface area (TPSA) is 79.5 Å². The van der Waals surface area contributed by atoms with Crippen LogP contribution in [0, 0.1) is 36.5 Å². The minimum atomic E-state index is -0.284. The third kappa shape index (κ3) is 2.93. The first-order valence-electron chi connectivity index (χ1n) is 11.9. The van der Waals surface area contributed by atoms with Gasteiger partial charge in [-0.2, -0.15) is 0 Å². The Morgan fingerprint density at radius 1 is 0.943 bits per heavy atom. The fourth-order valence-electron chi connectivity index (χ4n) is 7.15. The molecule has 1 saturated heterocycles. The van der Waals surface area contributed by atoms with Gasteiger partial charge in [-0.05, 0) is 60.9 Å². The SMILES string of the molecule is COc1ccc(C2c3sc(=O)[nH]c3SC3C2[C@H]2C[C@@H]3C3C(=O)N(c4ccc(C)cc4)C(=O)C32)cc1. The Bertz CT molecular complexity index is 1410. The number of aryl methyl sites for hydroxylation is 1. The first-order valence-corrected chi connectivity index (χ1v) is 13.6. The number of aromatic amines is 1. The lowest BCUT2D eigenvalue weighted by atomic mass is 9.68. The van der Waals surface area contributed by atoms with Gasteiger partial charge in [-0.3, -0.25) is 19.3 Å². The lowest BCUT2D eigenvalue weighted by Crippen LogP contribution is -2.42. The van der Waals surface area contributed by atoms with E-state index in [1.54, 1.807) is 18.9 Å². The number of carbonyl (C=O) groups excluding carboxylic acids is 2. The standard InChI is InChI=1S/C27H24N2O4S2/c1-12-3-7-14(8-4-12)29-25(30)20-16-11-17(21(20)26(29)31)22-19(16)18(13-5-9-15(33-2)10-6-13)23-24(34-22)28-27(32)35-23/h3-10,16-22H,11H2,1-2H3,(H,28,32)/t16-,17-,18?,19?,20?,21?,22?/m1/s1. The number of hydrogen-bond donors (Lipinski definition) is 1. The number of nitrogens with zero attached hydrogens (tertiary/aromatic N) is 1. The molecule has 7 atom stereocenters. The lowest BCUT2D eigenvalue weighted by Gasteiger charge is -2.43. The summed E-state index contributed by atoms with van der Waals surface area (Å²) in [7, 11) is 1.65. The Balaban J connectivity index is 1.31. The van der Waals surface area contributed by atoms with Gasteiger partial charge in [0, 0.05) is 16.0 Å². The Morgan fingerprint density at radius 2 is 1.63 bits per heavy atom. The summed E-state index contributed by atoms with van der Waals surface area (Å²) in [5.74, 6) is 0.598. The number of methoxy groups -OCH3 is 1. The first kappa shape index (κ1) is 21.4. The van der Waals surface area contributed by atoms with E-state index in [0.29, 0.717) is 5.69 Å². The molecule has 0 radical (unpaired) electrons. The van der Waals surface area contributed by atoms with E-state index in [1.807, 2.05) is 43.3 Å². The van der Waals surface area contributed by atoms with E-state index in [2.05, 4.69) is 17.1 Å². The predicted octanol–water partition coefficient (Wildman–Crippen LogP) is 4.43. The van der Waals surface area contributed by atoms with Crippen molar-refractivity contribution >= 4 is 40.6 Å². The maximum absolute atomic E-state index is 13.8. The molecule has 2 aliphatic heterocycles. The number of thioether (sulfide) groups is 1. The van der Waals surface area contributed by atoms with Crippen LogP contribution in [0.2, 0.25) is 0 Å². The van der Waals surface area contributed by atoms with Crippen LogP contribution in [0.4, 0.5) is 5.69 Å². The van der Waals surface area contributed by atoms with Crippen LogP contribution >= 0.6 is 23.1 Å². The Hall–Kier alpha value is -2.84. The summed E-state index contributed by atoms with van der Waals surface area (Å²) in [6.45, 7) is 2.00. The van der Waals surface area contributed by atoms with Gasteiger partial charge >= 0.3 is 4.87 Å². The number of rotatable bonds is 3. The Morgan fingerprint density at radius 3 is 2.31 bits per heavy atom. The Labute approximate surface area is 210 Å². The van der Waals surface area contributed by atoms with Crippen LogP contribution in [0.5, 0.6) is 5.75 Å². The van der Waals surface area contributed by atoms with Crippen molar-refractivity contribution < 1.29 is 14.3 Å². The van der Waals surface area contributed by atoms with Crippen LogP contribution in [-0.2, 0) is 9.59 Å². The van der Waals surface area contributed by atoms with E-state index in [1.165, 1.54) is 16.2 Å². The fourth-order valence-corrected chi connectivity index (χ4v) is 10.0. The normalized spacial score (nSPS) is 32.5. The van der Waals surface area contributed by atoms with Crippen molar-refractivity contribution in [2.24, 2.45) is 29.6 Å². The third-order valence-corrected chi connectivity index (χ3v) is 11.1. The fraction of sp³-hybridized carbons (Fsp3) is 0.370. The number of thiazole rings is 1. The number of nitrogens with one attached hydrogen (secondary N) is 1. The van der Waals surface area contributed by atoms with Crippen molar-refractivity contribution in [3.8, 4) is 5.75 Å². The highest BCUT2D eigenvalue weighted by atomic mass is 32.2. The maximum atomic E-state index is 13.8. The highest BCUT2D eigenvalue weighted by molar-refractivity contribution is 8.00. The summed E-state index contributed by atoms with van der Waals surface area (Å²) in [5, 5.41) is 1.12. The van der Waals surface area contributed by atoms with Gasteiger partial charge in [-0.1, -0.05) is 41.2 Å². The number of H-pyrrole nitrogens is 1. The molecule has 2 bridgehead atoms. The predicted molar refractivity (Wildman–Crippen MR) is 135 cm³/mol. The van der Waals surface area contributed by atoms with Gasteiger partial charge < -0.3 is 9.72 Å². The highest BCUT2D eigenvalue weighted by Crippen LogP contribution is 2.68. The van der Waals surface area contributed by atoms with Gasteiger partial charge in [0.1, 0.15) is 5.75 Å². The summed E-state index contributed by atoms with van der Waals surface area (Å²) in [5.41, 5.74) is 2.90. The van der Waals surface area contributed by atoms with E-state index in [0.717, 1.165) is 33.2 Å². The van der Waals surface area contributed by atoms with Crippen molar-refractivity contribution in [1.82, 2.24) is 4.98 Å². The van der Waals surface area contributed by atoms with E-state index >= 15 is 0 Å². The number of fused-ring (bicyclic) bond motifs is 9. The largest absolute Gasteiger partial charge is 0.497 e. The van der Waals surface area contributed by atoms with Crippen molar-refractivity contribution in [1.29, 1.82) is 0 Å². The second kappa shape index (κ2) is 7.58. The van der Waals surface area contributed by atoms with Crippen LogP contribution in [0.3, 0.4) is 0 Å². The van der Waals surface area contributed by atoms with Gasteiger partial charge in [-0.15, -0.1) is 11.8 Å². The molecule has 3 heterocycles. The van der Waals surface area contributed by atoms with Gasteiger partial charge in [0.05, 0.1) is 29.7 Å². The number of anilines is 1. The zero-order valence-corrected chi connectivity index (χ0v) is 20.9. The number of hydrogen-bond acceptors (Lipinski definition) is 6. The van der Waals surface area contributed by atoms with Crippen molar-refractivity contribution in [2.75, 3.05) is 12.0 Å². The molecular weight excluding hydrogens is 480 g/mol. The molecule has 3 aromatic rings. The molecule has 8 heteroatoms. The molecule has 2 aromatic carbocycles. The molecule has 4 aliphatic rings. The number of ether oxygens (including phenoxy) is 1. The second-order valence-corrected chi connectivity index (χ2v) is 12.3. The van der Waals surface area contributed by atoms with Gasteiger partial charge in [0.25, 0.3) is 0 Å². The molecule has 1 N–H and O–H groups in total. The molecule has 2 aliphatic carbocycles. The molecule has 0 spiro atoms. The summed E-state index contributed by atoms with van der Waals surface area (Å²) < 4.78 is 5.36. The average molecular weight is 505 g/mol. The molecule has 7 rings (SSSR count). The highest BCUT2D eigenvalue weighted by Gasteiger charge is 2.69. The number of imide groups is 1. The van der Waals surface area contributed by atoms with Gasteiger partial charge in [-0.25, -0.2) is 0 Å². The molecule has 1 aromatic heterocycles. The van der Waals surface area contributed by atoms with Crippen LogP contribution in [0.25, 0.3) is 0 Å². The number of carbonyl (C=O) groups is 2. The maximum Gasteiger partial charge on any atom is 0.305 e. The van der Waals surface area contributed by atoms with Crippen molar-refractivity contribution in [2.45, 2.75) is 29.5 Å². The molecule has 2 amide bonds. The van der Waals surface area contributed by atoms with Gasteiger partial charge in [0.15, 0.2) is 0 Å². The van der Waals surface area contributed by atoms with Crippen molar-refractivity contribution in [3.05, 3.63) is 74.2 Å². The molecular formula is C27H24N2O4S2.